The number of anilines is 1. The number of para-hydroxylation sites is 1. The molecule has 0 radical (unpaired) electrons. The normalized spacial score (nSPS) is 21.8. The fourth-order valence-electron chi connectivity index (χ4n) is 5.49. The van der Waals surface area contributed by atoms with E-state index in [9.17, 15) is 0 Å². The predicted molar refractivity (Wildman–Crippen MR) is 137 cm³/mol. The number of allylic oxidation sites excluding steroid dienone is 2. The van der Waals surface area contributed by atoms with Gasteiger partial charge in [-0.05, 0) is 0 Å². The van der Waals surface area contributed by atoms with Crippen molar-refractivity contribution in [2.75, 3.05) is 11.9 Å². The minimum atomic E-state index is -4.83. The maximum atomic E-state index is 7.55. The molecule has 1 nitrogen and oxygen atoms in total. The molecular formula is C25H19BrCl2NSZr. The molecule has 3 aliphatic rings. The average molecular weight is 608 g/mol. The van der Waals surface area contributed by atoms with Crippen LogP contribution in [-0.2, 0) is 14.9 Å². The van der Waals surface area contributed by atoms with Gasteiger partial charge in [-0.3, -0.25) is 0 Å². The fourth-order valence-corrected chi connectivity index (χ4v) is 24.7. The first-order valence-corrected chi connectivity index (χ1v) is 23.7. The van der Waals surface area contributed by atoms with Gasteiger partial charge >= 0.3 is 205 Å². The number of hydrogen-bond acceptors (Lipinski definition) is 2. The number of hydrogen-bond donors (Lipinski definition) is 1. The third kappa shape index (κ3) is 2.85. The van der Waals surface area contributed by atoms with Gasteiger partial charge in [-0.1, -0.05) is 0 Å². The van der Waals surface area contributed by atoms with E-state index >= 15 is 0 Å². The van der Waals surface area contributed by atoms with Crippen molar-refractivity contribution in [2.24, 2.45) is 0 Å². The predicted octanol–water partition coefficient (Wildman–Crippen LogP) is 7.62. The molecule has 6 heteroatoms. The number of likely N-dealkylation sites (N-methyl/N-ethyl adjacent to an activating group) is 1. The summed E-state index contributed by atoms with van der Waals surface area (Å²) in [4.78, 5) is 2.28. The SMILES string of the molecule is CN1C2=Cc3c(ccc(Br)[c]3[Zr]([SH])([Cl])([Cl])[CH]3C=Cc4ccccc43)C2c2ccccc21. The molecule has 1 aliphatic heterocycles. The van der Waals surface area contributed by atoms with Crippen LogP contribution >= 0.6 is 42.3 Å². The van der Waals surface area contributed by atoms with Crippen LogP contribution in [0.15, 0.2) is 76.9 Å². The van der Waals surface area contributed by atoms with E-state index in [1.165, 1.54) is 33.6 Å². The maximum absolute atomic E-state index is 7.55. The standard InChI is InChI=1S/C16H11BrN.C9H7.2ClH.H2S.Zr/c1-18-14-5-3-2-4-13(14)16-12-7-6-11(17)8-10(12)9-15(16)18;1-2-5-9-7-3-6-8(9)4-1;;;;/h2-7,9,16H,1H3;1-7H;2*1H;1H2;/q;;;;;+3/p-3. The van der Waals surface area contributed by atoms with Crippen LogP contribution in [0.3, 0.4) is 0 Å². The van der Waals surface area contributed by atoms with Gasteiger partial charge in [0.1, 0.15) is 0 Å². The first-order valence-electron chi connectivity index (χ1n) is 10.2. The van der Waals surface area contributed by atoms with Crippen molar-refractivity contribution in [3.05, 3.63) is 105 Å². The molecule has 0 saturated carbocycles. The van der Waals surface area contributed by atoms with Gasteiger partial charge in [-0.15, -0.1) is 0 Å². The second kappa shape index (κ2) is 6.87. The number of fused-ring (bicyclic) bond motifs is 6. The van der Waals surface area contributed by atoms with E-state index in [4.69, 9.17) is 26.4 Å². The van der Waals surface area contributed by atoms with Gasteiger partial charge in [0.15, 0.2) is 0 Å². The van der Waals surface area contributed by atoms with Gasteiger partial charge in [0.2, 0.25) is 0 Å². The molecule has 2 unspecified atom stereocenters. The summed E-state index contributed by atoms with van der Waals surface area (Å²) in [6.07, 6.45) is 6.56. The number of rotatable bonds is 2. The molecule has 0 N–H and O–H groups in total. The quantitative estimate of drug-likeness (QED) is 0.294. The van der Waals surface area contributed by atoms with E-state index in [0.717, 1.165) is 13.3 Å². The summed E-state index contributed by atoms with van der Waals surface area (Å²) in [6.45, 7) is 0. The minimum absolute atomic E-state index is 0.0871. The third-order valence-electron chi connectivity index (χ3n) is 6.90. The van der Waals surface area contributed by atoms with Crippen LogP contribution in [0.4, 0.5) is 5.69 Å². The molecule has 3 aromatic rings. The van der Waals surface area contributed by atoms with Crippen LogP contribution < -0.4 is 8.17 Å². The van der Waals surface area contributed by atoms with Crippen molar-refractivity contribution in [2.45, 2.75) is 9.54 Å². The topological polar surface area (TPSA) is 3.24 Å². The third-order valence-corrected chi connectivity index (χ3v) is 23.8. The van der Waals surface area contributed by atoms with Gasteiger partial charge in [-0.2, -0.15) is 0 Å². The van der Waals surface area contributed by atoms with Crippen molar-refractivity contribution in [1.29, 1.82) is 0 Å². The van der Waals surface area contributed by atoms with Crippen LogP contribution in [0.1, 0.15) is 37.4 Å². The van der Waals surface area contributed by atoms with Crippen LogP contribution in [-0.4, -0.2) is 7.05 Å². The van der Waals surface area contributed by atoms with Gasteiger partial charge < -0.3 is 0 Å². The fraction of sp³-hybridized carbons (Fsp3) is 0.120. The van der Waals surface area contributed by atoms with Gasteiger partial charge in [0.05, 0.1) is 0 Å². The molecule has 0 spiro atoms. The van der Waals surface area contributed by atoms with E-state index in [1.54, 1.807) is 0 Å². The zero-order chi connectivity index (χ0) is 21.6. The van der Waals surface area contributed by atoms with E-state index in [0.29, 0.717) is 0 Å². The molecule has 2 atom stereocenters. The molecule has 0 aromatic heterocycles. The van der Waals surface area contributed by atoms with E-state index in [1.807, 2.05) is 12.1 Å². The molecule has 6 rings (SSSR count). The summed E-state index contributed by atoms with van der Waals surface area (Å²) in [6, 6.07) is 21.3. The Kier molecular flexibility index (Phi) is 4.61. The second-order valence-electron chi connectivity index (χ2n) is 8.54. The molecule has 0 fully saturated rings. The van der Waals surface area contributed by atoms with Crippen LogP contribution in [0.25, 0.3) is 12.2 Å². The number of halogens is 3. The number of benzene rings is 3. The van der Waals surface area contributed by atoms with Crippen molar-refractivity contribution < 1.29 is 14.9 Å². The van der Waals surface area contributed by atoms with Crippen LogP contribution in [0, 0.1) is 0 Å². The molecular weight excluding hydrogens is 588 g/mol. The van der Waals surface area contributed by atoms with E-state index in [2.05, 4.69) is 94.6 Å². The summed E-state index contributed by atoms with van der Waals surface area (Å²) in [5.74, 6) is 0.210. The van der Waals surface area contributed by atoms with Crippen molar-refractivity contribution in [1.82, 2.24) is 0 Å². The summed E-state index contributed by atoms with van der Waals surface area (Å²) in [7, 11) is 22.5. The Balaban J connectivity index is 1.58. The molecule has 0 saturated heterocycles. The first kappa shape index (κ1) is 20.8. The Morgan fingerprint density at radius 2 is 1.65 bits per heavy atom. The Hall–Kier alpha value is -0.767. The van der Waals surface area contributed by atoms with Crippen LogP contribution in [0.2, 0.25) is 0 Å². The summed E-state index contributed by atoms with van der Waals surface area (Å²) >= 11 is -1.03. The molecule has 31 heavy (non-hydrogen) atoms. The zero-order valence-corrected chi connectivity index (χ0v) is 23.1. The summed E-state index contributed by atoms with van der Waals surface area (Å²) in [5.41, 5.74) is 8.60. The molecule has 1 heterocycles. The van der Waals surface area contributed by atoms with Gasteiger partial charge in [-0.25, -0.2) is 0 Å². The second-order valence-corrected chi connectivity index (χ2v) is 36.3. The van der Waals surface area contributed by atoms with Crippen molar-refractivity contribution in [3.63, 3.8) is 0 Å². The first-order chi connectivity index (χ1) is 14.8. The van der Waals surface area contributed by atoms with Gasteiger partial charge in [0, 0.05) is 0 Å². The monoisotopic (exact) mass is 604 g/mol. The number of nitrogens with zero attached hydrogens (tertiary/aromatic N) is 1. The average Bonchev–Trinajstić information content (AvgIpc) is 3.41. The Morgan fingerprint density at radius 1 is 0.935 bits per heavy atom. The van der Waals surface area contributed by atoms with Gasteiger partial charge in [0.25, 0.3) is 0 Å². The van der Waals surface area contributed by atoms with Crippen LogP contribution in [0.5, 0.6) is 0 Å². The Labute approximate surface area is 202 Å². The molecule has 3 aromatic carbocycles. The molecule has 155 valence electrons. The molecule has 2 aliphatic carbocycles. The summed E-state index contributed by atoms with van der Waals surface area (Å²) in [5, 5.41) is 0. The summed E-state index contributed by atoms with van der Waals surface area (Å²) < 4.78 is 1.86. The number of thiol groups is 1. The van der Waals surface area contributed by atoms with E-state index in [-0.39, 0.29) is 9.54 Å². The van der Waals surface area contributed by atoms with E-state index < -0.39 is 14.9 Å². The Morgan fingerprint density at radius 3 is 2.45 bits per heavy atom. The molecule has 0 amide bonds. The Bertz CT molecular complexity index is 1340. The zero-order valence-electron chi connectivity index (χ0n) is 16.7. The van der Waals surface area contributed by atoms with Crippen molar-refractivity contribution >= 4 is 63.5 Å². The van der Waals surface area contributed by atoms with Crippen molar-refractivity contribution in [3.8, 4) is 0 Å². The molecule has 0 bridgehead atoms.